The van der Waals surface area contributed by atoms with Crippen LogP contribution >= 0.6 is 0 Å². The Morgan fingerprint density at radius 1 is 1.13 bits per heavy atom. The van der Waals surface area contributed by atoms with Crippen molar-refractivity contribution in [3.05, 3.63) is 34.9 Å². The molecule has 1 atom stereocenters. The molecule has 2 aliphatic rings. The topological polar surface area (TPSA) is 12.0 Å². The molecule has 1 heterocycles. The second-order valence-electron chi connectivity index (χ2n) is 5.06. The van der Waals surface area contributed by atoms with E-state index in [1.54, 1.807) is 11.1 Å². The zero-order chi connectivity index (χ0) is 10.3. The van der Waals surface area contributed by atoms with Crippen molar-refractivity contribution in [3.8, 4) is 0 Å². The summed E-state index contributed by atoms with van der Waals surface area (Å²) < 4.78 is 0. The number of benzene rings is 1. The van der Waals surface area contributed by atoms with E-state index in [0.29, 0.717) is 6.04 Å². The van der Waals surface area contributed by atoms with E-state index in [0.717, 1.165) is 5.92 Å². The van der Waals surface area contributed by atoms with Crippen LogP contribution < -0.4 is 5.32 Å². The van der Waals surface area contributed by atoms with Gasteiger partial charge < -0.3 is 5.32 Å². The zero-order valence-electron chi connectivity index (χ0n) is 9.42. The summed E-state index contributed by atoms with van der Waals surface area (Å²) in [4.78, 5) is 0. The Kier molecular flexibility index (Phi) is 2.28. The summed E-state index contributed by atoms with van der Waals surface area (Å²) in [7, 11) is 0. The number of hydrogen-bond donors (Lipinski definition) is 1. The van der Waals surface area contributed by atoms with Gasteiger partial charge in [-0.1, -0.05) is 23.8 Å². The number of rotatable bonds is 2. The Morgan fingerprint density at radius 3 is 2.67 bits per heavy atom. The van der Waals surface area contributed by atoms with Crippen molar-refractivity contribution in [1.29, 1.82) is 0 Å². The standard InChI is InChI=1S/C14H19N/c1-10-4-7-12(11-5-6-11)13(9-10)14-3-2-8-15-14/h4,7,9,11,14-15H,2-3,5-6,8H2,1H3. The minimum absolute atomic E-state index is 0.639. The molecule has 0 bridgehead atoms. The van der Waals surface area contributed by atoms with Crippen LogP contribution in [-0.4, -0.2) is 6.54 Å². The molecule has 15 heavy (non-hydrogen) atoms. The highest BCUT2D eigenvalue weighted by molar-refractivity contribution is 5.38. The van der Waals surface area contributed by atoms with Crippen molar-refractivity contribution < 1.29 is 0 Å². The van der Waals surface area contributed by atoms with E-state index in [1.165, 1.54) is 37.8 Å². The molecular formula is C14H19N. The van der Waals surface area contributed by atoms with Crippen LogP contribution in [0.25, 0.3) is 0 Å². The van der Waals surface area contributed by atoms with Crippen LogP contribution in [0, 0.1) is 6.92 Å². The van der Waals surface area contributed by atoms with Crippen LogP contribution in [0.2, 0.25) is 0 Å². The van der Waals surface area contributed by atoms with Gasteiger partial charge >= 0.3 is 0 Å². The second kappa shape index (κ2) is 3.64. The first kappa shape index (κ1) is 9.41. The van der Waals surface area contributed by atoms with Crippen LogP contribution in [-0.2, 0) is 0 Å². The summed E-state index contributed by atoms with van der Waals surface area (Å²) in [5.74, 6) is 0.878. The maximum Gasteiger partial charge on any atom is 0.0323 e. The van der Waals surface area contributed by atoms with Gasteiger partial charge in [-0.2, -0.15) is 0 Å². The SMILES string of the molecule is Cc1ccc(C2CC2)c(C2CCCN2)c1. The van der Waals surface area contributed by atoms with Gasteiger partial charge in [0, 0.05) is 6.04 Å². The maximum absolute atomic E-state index is 3.62. The molecule has 1 N–H and O–H groups in total. The first-order chi connectivity index (χ1) is 7.34. The molecule has 0 spiro atoms. The third-order valence-corrected chi connectivity index (χ3v) is 3.70. The molecule has 0 amide bonds. The monoisotopic (exact) mass is 201 g/mol. The van der Waals surface area contributed by atoms with E-state index >= 15 is 0 Å². The van der Waals surface area contributed by atoms with Crippen LogP contribution in [0.4, 0.5) is 0 Å². The largest absolute Gasteiger partial charge is 0.310 e. The van der Waals surface area contributed by atoms with Gasteiger partial charge in [-0.15, -0.1) is 0 Å². The Balaban J connectivity index is 1.98. The van der Waals surface area contributed by atoms with E-state index in [9.17, 15) is 0 Å². The molecule has 2 fully saturated rings. The van der Waals surface area contributed by atoms with Crippen molar-refractivity contribution in [2.45, 2.75) is 44.6 Å². The van der Waals surface area contributed by atoms with Gasteiger partial charge in [0.1, 0.15) is 0 Å². The van der Waals surface area contributed by atoms with Crippen LogP contribution in [0.5, 0.6) is 0 Å². The van der Waals surface area contributed by atoms with Gasteiger partial charge in [-0.05, 0) is 56.2 Å². The Bertz CT molecular complexity index is 360. The molecule has 1 aromatic rings. The van der Waals surface area contributed by atoms with Crippen LogP contribution in [0.3, 0.4) is 0 Å². The van der Waals surface area contributed by atoms with Gasteiger partial charge in [0.2, 0.25) is 0 Å². The Hall–Kier alpha value is -0.820. The smallest absolute Gasteiger partial charge is 0.0323 e. The fourth-order valence-corrected chi connectivity index (χ4v) is 2.71. The summed E-state index contributed by atoms with van der Waals surface area (Å²) in [5.41, 5.74) is 4.62. The van der Waals surface area contributed by atoms with E-state index in [-0.39, 0.29) is 0 Å². The van der Waals surface area contributed by atoms with Gasteiger partial charge in [0.15, 0.2) is 0 Å². The molecule has 3 rings (SSSR count). The molecule has 80 valence electrons. The van der Waals surface area contributed by atoms with Crippen LogP contribution in [0.1, 0.15) is 54.3 Å². The number of hydrogen-bond acceptors (Lipinski definition) is 1. The van der Waals surface area contributed by atoms with Crippen molar-refractivity contribution >= 4 is 0 Å². The Morgan fingerprint density at radius 2 is 2.00 bits per heavy atom. The zero-order valence-corrected chi connectivity index (χ0v) is 9.42. The van der Waals surface area contributed by atoms with Crippen molar-refractivity contribution in [2.24, 2.45) is 0 Å². The normalized spacial score (nSPS) is 25.8. The minimum atomic E-state index is 0.639. The van der Waals surface area contributed by atoms with Crippen LogP contribution in [0.15, 0.2) is 18.2 Å². The van der Waals surface area contributed by atoms with Gasteiger partial charge in [0.25, 0.3) is 0 Å². The molecule has 1 aliphatic heterocycles. The highest BCUT2D eigenvalue weighted by Crippen LogP contribution is 2.44. The van der Waals surface area contributed by atoms with E-state index in [1.807, 2.05) is 0 Å². The highest BCUT2D eigenvalue weighted by atomic mass is 14.9. The molecule has 1 heteroatoms. The highest BCUT2D eigenvalue weighted by Gasteiger charge is 2.29. The fourth-order valence-electron chi connectivity index (χ4n) is 2.71. The molecule has 1 aliphatic carbocycles. The third kappa shape index (κ3) is 1.81. The van der Waals surface area contributed by atoms with Crippen molar-refractivity contribution in [3.63, 3.8) is 0 Å². The predicted molar refractivity (Wildman–Crippen MR) is 63.1 cm³/mol. The predicted octanol–water partition coefficient (Wildman–Crippen LogP) is 3.30. The number of nitrogens with one attached hydrogen (secondary N) is 1. The molecule has 0 aromatic heterocycles. The lowest BCUT2D eigenvalue weighted by Gasteiger charge is -2.16. The van der Waals surface area contributed by atoms with Crippen molar-refractivity contribution in [2.75, 3.05) is 6.54 Å². The quantitative estimate of drug-likeness (QED) is 0.774. The molecule has 0 radical (unpaired) electrons. The lowest BCUT2D eigenvalue weighted by atomic mass is 9.94. The van der Waals surface area contributed by atoms with Crippen molar-refractivity contribution in [1.82, 2.24) is 5.32 Å². The average molecular weight is 201 g/mol. The molecule has 1 saturated carbocycles. The lowest BCUT2D eigenvalue weighted by molar-refractivity contribution is 0.639. The van der Waals surface area contributed by atoms with Gasteiger partial charge in [-0.25, -0.2) is 0 Å². The summed E-state index contributed by atoms with van der Waals surface area (Å²) >= 11 is 0. The summed E-state index contributed by atoms with van der Waals surface area (Å²) in [6.07, 6.45) is 5.47. The van der Waals surface area contributed by atoms with Gasteiger partial charge in [0.05, 0.1) is 0 Å². The first-order valence-electron chi connectivity index (χ1n) is 6.18. The number of aryl methyl sites for hydroxylation is 1. The van der Waals surface area contributed by atoms with E-state index in [2.05, 4.69) is 30.4 Å². The molecule has 1 saturated heterocycles. The summed E-state index contributed by atoms with van der Waals surface area (Å²) in [6, 6.07) is 7.67. The summed E-state index contributed by atoms with van der Waals surface area (Å²) in [5, 5.41) is 3.62. The molecule has 1 aromatic carbocycles. The maximum atomic E-state index is 3.62. The lowest BCUT2D eigenvalue weighted by Crippen LogP contribution is -2.14. The van der Waals surface area contributed by atoms with Gasteiger partial charge in [-0.3, -0.25) is 0 Å². The fraction of sp³-hybridized carbons (Fsp3) is 0.571. The van der Waals surface area contributed by atoms with E-state index in [4.69, 9.17) is 0 Å². The third-order valence-electron chi connectivity index (χ3n) is 3.70. The minimum Gasteiger partial charge on any atom is -0.310 e. The Labute approximate surface area is 91.9 Å². The second-order valence-corrected chi connectivity index (χ2v) is 5.06. The molecule has 1 unspecified atom stereocenters. The average Bonchev–Trinajstić information content (AvgIpc) is 2.94. The first-order valence-corrected chi connectivity index (χ1v) is 6.18. The molecular weight excluding hydrogens is 182 g/mol. The summed E-state index contributed by atoms with van der Waals surface area (Å²) in [6.45, 7) is 3.40. The molecule has 1 nitrogen and oxygen atoms in total. The van der Waals surface area contributed by atoms with E-state index < -0.39 is 0 Å².